The van der Waals surface area contributed by atoms with Gasteiger partial charge in [0, 0.05) is 11.8 Å². The summed E-state index contributed by atoms with van der Waals surface area (Å²) in [7, 11) is -3.57. The van der Waals surface area contributed by atoms with Crippen LogP contribution >= 0.6 is 0 Å². The van der Waals surface area contributed by atoms with E-state index in [2.05, 4.69) is 62.0 Å². The van der Waals surface area contributed by atoms with Crippen LogP contribution in [0.3, 0.4) is 0 Å². The van der Waals surface area contributed by atoms with Crippen LogP contribution < -0.4 is 0 Å². The molecule has 0 radical (unpaired) electrons. The second-order valence-corrected chi connectivity index (χ2v) is 19.1. The Morgan fingerprint density at radius 3 is 1.63 bits per heavy atom. The summed E-state index contributed by atoms with van der Waals surface area (Å²) >= 11 is 0. The Kier molecular flexibility index (Phi) is 11.5. The Morgan fingerprint density at radius 1 is 0.867 bits per heavy atom. The maximum absolute atomic E-state index is 9.52. The zero-order valence-corrected chi connectivity index (χ0v) is 23.1. The van der Waals surface area contributed by atoms with E-state index in [1.54, 1.807) is 0 Å². The molecule has 0 spiro atoms. The highest BCUT2D eigenvalue weighted by atomic mass is 28.4. The second kappa shape index (κ2) is 12.3. The summed E-state index contributed by atoms with van der Waals surface area (Å²) in [6.07, 6.45) is 3.92. The van der Waals surface area contributed by atoms with Crippen molar-refractivity contribution in [2.45, 2.75) is 129 Å². The standard InChI is InChI=1S/C24H50O4Si2/c1-10-17-22(27-29(11-2,12-3)13-4)24(8,9)23(18-20-21(19-25)26-20)28-30(14-5,15-6)16-7/h10,20-23,25H,1,11-19H2,2-9H3/t20-,21-,22-,23-/m1/s1. The molecule has 0 aromatic rings. The van der Waals surface area contributed by atoms with Crippen LogP contribution in [0.5, 0.6) is 0 Å². The molecule has 6 heteroatoms. The van der Waals surface area contributed by atoms with Crippen molar-refractivity contribution in [2.24, 2.45) is 5.41 Å². The number of hydrogen-bond donors (Lipinski definition) is 1. The molecule has 0 aliphatic carbocycles. The van der Waals surface area contributed by atoms with Crippen molar-refractivity contribution < 1.29 is 18.7 Å². The van der Waals surface area contributed by atoms with Crippen molar-refractivity contribution in [1.82, 2.24) is 0 Å². The predicted molar refractivity (Wildman–Crippen MR) is 133 cm³/mol. The predicted octanol–water partition coefficient (Wildman–Crippen LogP) is 6.52. The molecule has 1 aliphatic heterocycles. The van der Waals surface area contributed by atoms with E-state index < -0.39 is 16.6 Å². The molecule has 1 fully saturated rings. The molecule has 0 aromatic carbocycles. The molecule has 0 aromatic heterocycles. The van der Waals surface area contributed by atoms with Crippen LogP contribution in [0.25, 0.3) is 0 Å². The van der Waals surface area contributed by atoms with E-state index >= 15 is 0 Å². The van der Waals surface area contributed by atoms with Crippen molar-refractivity contribution in [3.05, 3.63) is 12.7 Å². The number of epoxide rings is 1. The van der Waals surface area contributed by atoms with E-state index in [0.717, 1.165) is 49.1 Å². The zero-order chi connectivity index (χ0) is 23.0. The molecule has 0 bridgehead atoms. The summed E-state index contributed by atoms with van der Waals surface area (Å²) < 4.78 is 19.9. The molecule has 1 aliphatic rings. The Labute approximate surface area is 189 Å². The first-order chi connectivity index (χ1) is 14.2. The minimum absolute atomic E-state index is 0.0259. The van der Waals surface area contributed by atoms with Crippen LogP contribution in [0.2, 0.25) is 36.3 Å². The van der Waals surface area contributed by atoms with Crippen molar-refractivity contribution in [3.8, 4) is 0 Å². The van der Waals surface area contributed by atoms with E-state index in [1.807, 2.05) is 6.08 Å². The van der Waals surface area contributed by atoms with Gasteiger partial charge in [-0.2, -0.15) is 0 Å². The number of ether oxygens (including phenoxy) is 1. The van der Waals surface area contributed by atoms with E-state index in [9.17, 15) is 5.11 Å². The maximum Gasteiger partial charge on any atom is 0.192 e. The first kappa shape index (κ1) is 28.0. The molecule has 4 nitrogen and oxygen atoms in total. The third-order valence-corrected chi connectivity index (χ3v) is 17.3. The van der Waals surface area contributed by atoms with Crippen molar-refractivity contribution in [2.75, 3.05) is 6.61 Å². The fourth-order valence-corrected chi connectivity index (χ4v) is 10.7. The van der Waals surface area contributed by atoms with Gasteiger partial charge in [-0.3, -0.25) is 0 Å². The molecule has 0 unspecified atom stereocenters. The van der Waals surface area contributed by atoms with Crippen LogP contribution in [0.15, 0.2) is 12.7 Å². The van der Waals surface area contributed by atoms with Crippen molar-refractivity contribution in [3.63, 3.8) is 0 Å². The molecule has 1 N–H and O–H groups in total. The molecule has 178 valence electrons. The second-order valence-electron chi connectivity index (χ2n) is 9.68. The summed E-state index contributed by atoms with van der Waals surface area (Å²) in [4.78, 5) is 0. The minimum Gasteiger partial charge on any atom is -0.413 e. The monoisotopic (exact) mass is 458 g/mol. The van der Waals surface area contributed by atoms with Gasteiger partial charge in [0.2, 0.25) is 0 Å². The van der Waals surface area contributed by atoms with E-state index in [-0.39, 0.29) is 36.4 Å². The zero-order valence-electron chi connectivity index (χ0n) is 21.1. The molecule has 0 saturated carbocycles. The number of aliphatic hydroxyl groups is 1. The smallest absolute Gasteiger partial charge is 0.192 e. The Balaban J connectivity index is 3.24. The van der Waals surface area contributed by atoms with E-state index in [1.165, 1.54) is 0 Å². The van der Waals surface area contributed by atoms with Crippen LogP contribution in [0, 0.1) is 5.41 Å². The average Bonchev–Trinajstić information content (AvgIpc) is 3.52. The van der Waals surface area contributed by atoms with Gasteiger partial charge in [-0.15, -0.1) is 6.58 Å². The Morgan fingerprint density at radius 2 is 1.30 bits per heavy atom. The lowest BCUT2D eigenvalue weighted by Gasteiger charge is -2.47. The molecular formula is C24H50O4Si2. The first-order valence-electron chi connectivity index (χ1n) is 12.4. The first-order valence-corrected chi connectivity index (χ1v) is 17.5. The van der Waals surface area contributed by atoms with Gasteiger partial charge in [0.05, 0.1) is 24.9 Å². The molecule has 0 amide bonds. The molecule has 1 saturated heterocycles. The lowest BCUT2D eigenvalue weighted by Crippen LogP contribution is -2.53. The SMILES string of the molecule is C=CC[C@@H](O[Si](CC)(CC)CC)C(C)(C)[C@@H](C[C@H]1O[C@@H]1CO)O[Si](CC)(CC)CC. The maximum atomic E-state index is 9.52. The lowest BCUT2D eigenvalue weighted by atomic mass is 9.77. The van der Waals surface area contributed by atoms with Crippen LogP contribution in [0.1, 0.15) is 68.2 Å². The van der Waals surface area contributed by atoms with Crippen LogP contribution in [-0.2, 0) is 13.6 Å². The fourth-order valence-electron chi connectivity index (χ4n) is 4.73. The fraction of sp³-hybridized carbons (Fsp3) is 0.917. The van der Waals surface area contributed by atoms with Crippen LogP contribution in [-0.4, -0.2) is 52.8 Å². The van der Waals surface area contributed by atoms with Gasteiger partial charge in [0.1, 0.15) is 6.10 Å². The molecule has 4 atom stereocenters. The van der Waals surface area contributed by atoms with E-state index in [4.69, 9.17) is 13.6 Å². The van der Waals surface area contributed by atoms with Gasteiger partial charge in [-0.05, 0) is 42.7 Å². The van der Waals surface area contributed by atoms with Gasteiger partial charge >= 0.3 is 0 Å². The van der Waals surface area contributed by atoms with Crippen LogP contribution in [0.4, 0.5) is 0 Å². The topological polar surface area (TPSA) is 51.2 Å². The lowest BCUT2D eigenvalue weighted by molar-refractivity contribution is -0.0368. The largest absolute Gasteiger partial charge is 0.413 e. The highest BCUT2D eigenvalue weighted by Crippen LogP contribution is 2.43. The highest BCUT2D eigenvalue weighted by Gasteiger charge is 2.49. The van der Waals surface area contributed by atoms with Crippen molar-refractivity contribution in [1.29, 1.82) is 0 Å². The van der Waals surface area contributed by atoms with Gasteiger partial charge in [-0.25, -0.2) is 0 Å². The van der Waals surface area contributed by atoms with Gasteiger partial charge in [0.25, 0.3) is 0 Å². The van der Waals surface area contributed by atoms with Gasteiger partial charge in [-0.1, -0.05) is 61.5 Å². The summed E-state index contributed by atoms with van der Waals surface area (Å²) in [6.45, 7) is 22.5. The molecule has 1 rings (SSSR count). The third-order valence-electron chi connectivity index (χ3n) is 8.00. The van der Waals surface area contributed by atoms with Gasteiger partial charge < -0.3 is 18.7 Å². The number of hydrogen-bond acceptors (Lipinski definition) is 4. The Bertz CT molecular complexity index is 487. The van der Waals surface area contributed by atoms with Gasteiger partial charge in [0.15, 0.2) is 16.6 Å². The highest BCUT2D eigenvalue weighted by molar-refractivity contribution is 6.74. The Hall–Kier alpha value is 0.0138. The quantitative estimate of drug-likeness (QED) is 0.153. The molecular weight excluding hydrogens is 408 g/mol. The summed E-state index contributed by atoms with van der Waals surface area (Å²) in [6, 6.07) is 6.83. The summed E-state index contributed by atoms with van der Waals surface area (Å²) in [5.41, 5.74) is -0.157. The number of aliphatic hydroxyl groups excluding tert-OH is 1. The average molecular weight is 459 g/mol. The third kappa shape index (κ3) is 6.75. The van der Waals surface area contributed by atoms with Crippen molar-refractivity contribution >= 4 is 16.6 Å². The number of rotatable bonds is 17. The normalized spacial score (nSPS) is 22.0. The summed E-state index contributed by atoms with van der Waals surface area (Å²) in [5.74, 6) is 0. The molecule has 1 heterocycles. The minimum atomic E-state index is -1.80. The summed E-state index contributed by atoms with van der Waals surface area (Å²) in [5, 5.41) is 9.52. The van der Waals surface area contributed by atoms with E-state index in [0.29, 0.717) is 0 Å². The molecule has 30 heavy (non-hydrogen) atoms.